The summed E-state index contributed by atoms with van der Waals surface area (Å²) < 4.78 is 26.7. The SMILES string of the molecule is CN(C)CCCNC(=O)CC1CCN(S(=O)(=O)c2ccccc2)CC1. The van der Waals surface area contributed by atoms with Crippen molar-refractivity contribution >= 4 is 15.9 Å². The van der Waals surface area contributed by atoms with Crippen LogP contribution in [0.4, 0.5) is 0 Å². The molecule has 1 aliphatic heterocycles. The predicted molar refractivity (Wildman–Crippen MR) is 98.7 cm³/mol. The second-order valence-electron chi connectivity index (χ2n) is 6.87. The topological polar surface area (TPSA) is 69.7 Å². The molecular formula is C18H29N3O3S. The quantitative estimate of drug-likeness (QED) is 0.708. The van der Waals surface area contributed by atoms with Crippen LogP contribution in [0.3, 0.4) is 0 Å². The van der Waals surface area contributed by atoms with Gasteiger partial charge < -0.3 is 10.2 Å². The lowest BCUT2D eigenvalue weighted by Crippen LogP contribution is -2.39. The fourth-order valence-electron chi connectivity index (χ4n) is 3.05. The molecular weight excluding hydrogens is 338 g/mol. The number of hydrogen-bond acceptors (Lipinski definition) is 4. The van der Waals surface area contributed by atoms with Crippen LogP contribution in [-0.4, -0.2) is 63.8 Å². The van der Waals surface area contributed by atoms with Crippen LogP contribution in [0.1, 0.15) is 25.7 Å². The van der Waals surface area contributed by atoms with Crippen molar-refractivity contribution in [3.05, 3.63) is 30.3 Å². The van der Waals surface area contributed by atoms with Crippen molar-refractivity contribution in [1.82, 2.24) is 14.5 Å². The van der Waals surface area contributed by atoms with Crippen LogP contribution < -0.4 is 5.32 Å². The Kier molecular flexibility index (Phi) is 7.40. The molecule has 7 heteroatoms. The van der Waals surface area contributed by atoms with Gasteiger partial charge in [0.05, 0.1) is 4.90 Å². The molecule has 2 rings (SSSR count). The molecule has 1 aromatic rings. The Labute approximate surface area is 151 Å². The van der Waals surface area contributed by atoms with Gasteiger partial charge in [-0.3, -0.25) is 4.79 Å². The average molecular weight is 368 g/mol. The molecule has 0 spiro atoms. The Bertz CT molecular complexity index is 639. The number of carbonyl (C=O) groups excluding carboxylic acids is 1. The molecule has 0 radical (unpaired) electrons. The van der Waals surface area contributed by atoms with E-state index in [1.54, 1.807) is 24.3 Å². The van der Waals surface area contributed by atoms with Crippen LogP contribution >= 0.6 is 0 Å². The fourth-order valence-corrected chi connectivity index (χ4v) is 4.54. The maximum absolute atomic E-state index is 12.6. The number of nitrogens with one attached hydrogen (secondary N) is 1. The van der Waals surface area contributed by atoms with Gasteiger partial charge in [-0.25, -0.2) is 8.42 Å². The van der Waals surface area contributed by atoms with E-state index in [0.717, 1.165) is 25.8 Å². The minimum Gasteiger partial charge on any atom is -0.356 e. The molecule has 1 saturated heterocycles. The van der Waals surface area contributed by atoms with Gasteiger partial charge in [-0.2, -0.15) is 4.31 Å². The van der Waals surface area contributed by atoms with Gasteiger partial charge in [-0.15, -0.1) is 0 Å². The summed E-state index contributed by atoms with van der Waals surface area (Å²) in [4.78, 5) is 14.4. The predicted octanol–water partition coefficient (Wildman–Crippen LogP) is 1.55. The Balaban J connectivity index is 1.75. The first-order chi connectivity index (χ1) is 11.9. The van der Waals surface area contributed by atoms with E-state index in [-0.39, 0.29) is 11.8 Å². The van der Waals surface area contributed by atoms with Crippen molar-refractivity contribution in [2.45, 2.75) is 30.6 Å². The summed E-state index contributed by atoms with van der Waals surface area (Å²) in [5.41, 5.74) is 0. The Hall–Kier alpha value is -1.44. The molecule has 0 aromatic heterocycles. The molecule has 1 fully saturated rings. The minimum atomic E-state index is -3.41. The van der Waals surface area contributed by atoms with Crippen LogP contribution in [0.5, 0.6) is 0 Å². The van der Waals surface area contributed by atoms with Crippen molar-refractivity contribution in [2.24, 2.45) is 5.92 Å². The number of sulfonamides is 1. The van der Waals surface area contributed by atoms with Crippen LogP contribution in [0, 0.1) is 5.92 Å². The fraction of sp³-hybridized carbons (Fsp3) is 0.611. The van der Waals surface area contributed by atoms with E-state index < -0.39 is 10.0 Å². The second-order valence-corrected chi connectivity index (χ2v) is 8.81. The maximum Gasteiger partial charge on any atom is 0.243 e. The van der Waals surface area contributed by atoms with Gasteiger partial charge in [0, 0.05) is 26.1 Å². The van der Waals surface area contributed by atoms with Gasteiger partial charge in [-0.05, 0) is 58.0 Å². The summed E-state index contributed by atoms with van der Waals surface area (Å²) in [5, 5.41) is 2.96. The van der Waals surface area contributed by atoms with Crippen molar-refractivity contribution < 1.29 is 13.2 Å². The first-order valence-corrected chi connectivity index (χ1v) is 10.3. The van der Waals surface area contributed by atoms with E-state index in [0.29, 0.717) is 31.0 Å². The van der Waals surface area contributed by atoms with Gasteiger partial charge in [-0.1, -0.05) is 18.2 Å². The third-order valence-corrected chi connectivity index (χ3v) is 6.45. The molecule has 0 saturated carbocycles. The highest BCUT2D eigenvalue weighted by molar-refractivity contribution is 7.89. The molecule has 1 amide bonds. The smallest absolute Gasteiger partial charge is 0.243 e. The summed E-state index contributed by atoms with van der Waals surface area (Å²) in [6.45, 7) is 2.61. The molecule has 0 bridgehead atoms. The van der Waals surface area contributed by atoms with Crippen molar-refractivity contribution in [1.29, 1.82) is 0 Å². The summed E-state index contributed by atoms with van der Waals surface area (Å²) in [5.74, 6) is 0.333. The lowest BCUT2D eigenvalue weighted by atomic mass is 9.94. The van der Waals surface area contributed by atoms with Gasteiger partial charge in [0.1, 0.15) is 0 Å². The highest BCUT2D eigenvalue weighted by atomic mass is 32.2. The van der Waals surface area contributed by atoms with Gasteiger partial charge >= 0.3 is 0 Å². The summed E-state index contributed by atoms with van der Waals surface area (Å²) >= 11 is 0. The molecule has 1 aliphatic rings. The number of benzene rings is 1. The molecule has 0 atom stereocenters. The second kappa shape index (κ2) is 9.31. The third kappa shape index (κ3) is 6.09. The largest absolute Gasteiger partial charge is 0.356 e. The van der Waals surface area contributed by atoms with E-state index in [9.17, 15) is 13.2 Å². The number of rotatable bonds is 8. The first-order valence-electron chi connectivity index (χ1n) is 8.86. The molecule has 140 valence electrons. The number of carbonyl (C=O) groups is 1. The van der Waals surface area contributed by atoms with Crippen LogP contribution in [0.2, 0.25) is 0 Å². The monoisotopic (exact) mass is 367 g/mol. The van der Waals surface area contributed by atoms with E-state index in [1.807, 2.05) is 20.2 Å². The van der Waals surface area contributed by atoms with E-state index in [4.69, 9.17) is 0 Å². The minimum absolute atomic E-state index is 0.0723. The average Bonchev–Trinajstić information content (AvgIpc) is 2.60. The van der Waals surface area contributed by atoms with Gasteiger partial charge in [0.15, 0.2) is 0 Å². The third-order valence-electron chi connectivity index (χ3n) is 4.53. The molecule has 25 heavy (non-hydrogen) atoms. The van der Waals surface area contributed by atoms with Gasteiger partial charge in [0.25, 0.3) is 0 Å². The number of piperidine rings is 1. The Morgan fingerprint density at radius 2 is 1.84 bits per heavy atom. The zero-order chi connectivity index (χ0) is 18.3. The van der Waals surface area contributed by atoms with E-state index >= 15 is 0 Å². The lowest BCUT2D eigenvalue weighted by Gasteiger charge is -2.31. The van der Waals surface area contributed by atoms with E-state index in [1.165, 1.54) is 4.31 Å². The molecule has 1 N–H and O–H groups in total. The van der Waals surface area contributed by atoms with Crippen molar-refractivity contribution in [2.75, 3.05) is 40.3 Å². The van der Waals surface area contributed by atoms with Gasteiger partial charge in [0.2, 0.25) is 15.9 Å². The molecule has 0 unspecified atom stereocenters. The zero-order valence-electron chi connectivity index (χ0n) is 15.1. The number of amides is 1. The highest BCUT2D eigenvalue weighted by Crippen LogP contribution is 2.25. The molecule has 0 aliphatic carbocycles. The molecule has 1 heterocycles. The van der Waals surface area contributed by atoms with Crippen LogP contribution in [0.25, 0.3) is 0 Å². The molecule has 6 nitrogen and oxygen atoms in total. The Morgan fingerprint density at radius 1 is 1.20 bits per heavy atom. The summed E-state index contributed by atoms with van der Waals surface area (Å²) in [6, 6.07) is 8.54. The maximum atomic E-state index is 12.6. The zero-order valence-corrected chi connectivity index (χ0v) is 16.0. The Morgan fingerprint density at radius 3 is 2.44 bits per heavy atom. The lowest BCUT2D eigenvalue weighted by molar-refractivity contribution is -0.122. The highest BCUT2D eigenvalue weighted by Gasteiger charge is 2.29. The number of nitrogens with zero attached hydrogens (tertiary/aromatic N) is 2. The van der Waals surface area contributed by atoms with Crippen molar-refractivity contribution in [3.8, 4) is 0 Å². The van der Waals surface area contributed by atoms with Crippen LogP contribution in [0.15, 0.2) is 35.2 Å². The van der Waals surface area contributed by atoms with Crippen molar-refractivity contribution in [3.63, 3.8) is 0 Å². The van der Waals surface area contributed by atoms with Crippen LogP contribution in [-0.2, 0) is 14.8 Å². The standard InChI is InChI=1S/C18H29N3O3S/c1-20(2)12-6-11-19-18(22)15-16-9-13-21(14-10-16)25(23,24)17-7-4-3-5-8-17/h3-5,7-8,16H,6,9-15H2,1-2H3,(H,19,22). The first kappa shape index (κ1) is 19.9. The van der Waals surface area contributed by atoms with E-state index in [2.05, 4.69) is 10.2 Å². The normalized spacial score (nSPS) is 16.9. The number of hydrogen-bond donors (Lipinski definition) is 1. The molecule has 1 aromatic carbocycles. The summed E-state index contributed by atoms with van der Waals surface area (Å²) in [6.07, 6.45) is 2.89. The summed E-state index contributed by atoms with van der Waals surface area (Å²) in [7, 11) is 0.614.